The highest BCUT2D eigenvalue weighted by Gasteiger charge is 2.16. The molecule has 1 amide bonds. The first-order valence-electron chi connectivity index (χ1n) is 5.26. The van der Waals surface area contributed by atoms with Crippen molar-refractivity contribution in [2.24, 2.45) is 0 Å². The van der Waals surface area contributed by atoms with Crippen LogP contribution in [-0.4, -0.2) is 29.8 Å². The highest BCUT2D eigenvalue weighted by atomic mass is 35.5. The molecule has 0 spiro atoms. The van der Waals surface area contributed by atoms with Gasteiger partial charge in [-0.15, -0.1) is 11.6 Å². The Labute approximate surface area is 110 Å². The van der Waals surface area contributed by atoms with Crippen LogP contribution >= 0.6 is 23.2 Å². The standard InChI is InChI=1S/C12H14Cl2FNO/c1-8(13)5-6-16(2)12(17)10-7-9(14)3-4-11(10)15/h3-4,7-8H,5-6H2,1-2H3. The fourth-order valence-electron chi connectivity index (χ4n) is 1.34. The Morgan fingerprint density at radius 2 is 2.18 bits per heavy atom. The Kier molecular flexibility index (Phi) is 5.22. The van der Waals surface area contributed by atoms with Crippen molar-refractivity contribution >= 4 is 29.1 Å². The van der Waals surface area contributed by atoms with E-state index in [-0.39, 0.29) is 16.8 Å². The Morgan fingerprint density at radius 1 is 1.53 bits per heavy atom. The van der Waals surface area contributed by atoms with Gasteiger partial charge in [0.15, 0.2) is 0 Å². The van der Waals surface area contributed by atoms with Gasteiger partial charge in [-0.2, -0.15) is 0 Å². The quantitative estimate of drug-likeness (QED) is 0.771. The number of carbonyl (C=O) groups is 1. The van der Waals surface area contributed by atoms with Crippen LogP contribution in [-0.2, 0) is 0 Å². The molecule has 0 saturated carbocycles. The average molecular weight is 278 g/mol. The number of amides is 1. The molecule has 0 saturated heterocycles. The topological polar surface area (TPSA) is 20.3 Å². The third-order valence-electron chi connectivity index (χ3n) is 2.37. The van der Waals surface area contributed by atoms with Gasteiger partial charge in [-0.1, -0.05) is 11.6 Å². The van der Waals surface area contributed by atoms with Crippen molar-refractivity contribution in [1.82, 2.24) is 4.90 Å². The average Bonchev–Trinajstić information content (AvgIpc) is 2.28. The second kappa shape index (κ2) is 6.22. The largest absolute Gasteiger partial charge is 0.342 e. The van der Waals surface area contributed by atoms with Crippen molar-refractivity contribution in [1.29, 1.82) is 0 Å². The summed E-state index contributed by atoms with van der Waals surface area (Å²) in [7, 11) is 1.61. The number of halogens is 3. The van der Waals surface area contributed by atoms with E-state index in [4.69, 9.17) is 23.2 Å². The van der Waals surface area contributed by atoms with Gasteiger partial charge >= 0.3 is 0 Å². The molecule has 0 bridgehead atoms. The van der Waals surface area contributed by atoms with E-state index in [1.807, 2.05) is 6.92 Å². The first kappa shape index (κ1) is 14.3. The van der Waals surface area contributed by atoms with E-state index < -0.39 is 5.82 Å². The van der Waals surface area contributed by atoms with Crippen molar-refractivity contribution in [3.05, 3.63) is 34.6 Å². The molecule has 1 unspecified atom stereocenters. The number of carbonyl (C=O) groups excluding carboxylic acids is 1. The smallest absolute Gasteiger partial charge is 0.256 e. The molecule has 17 heavy (non-hydrogen) atoms. The van der Waals surface area contributed by atoms with Crippen LogP contribution in [0, 0.1) is 5.82 Å². The lowest BCUT2D eigenvalue weighted by Gasteiger charge is -2.18. The molecule has 0 aliphatic heterocycles. The molecule has 0 aromatic heterocycles. The van der Waals surface area contributed by atoms with Gasteiger partial charge in [0.2, 0.25) is 0 Å². The van der Waals surface area contributed by atoms with E-state index in [9.17, 15) is 9.18 Å². The first-order chi connectivity index (χ1) is 7.91. The number of hydrogen-bond acceptors (Lipinski definition) is 1. The molecule has 0 fully saturated rings. The van der Waals surface area contributed by atoms with Gasteiger partial charge in [-0.05, 0) is 31.5 Å². The monoisotopic (exact) mass is 277 g/mol. The number of hydrogen-bond donors (Lipinski definition) is 0. The van der Waals surface area contributed by atoms with Crippen LogP contribution in [0.2, 0.25) is 5.02 Å². The predicted octanol–water partition coefficient (Wildman–Crippen LogP) is 3.57. The third kappa shape index (κ3) is 4.17. The Balaban J connectivity index is 2.78. The second-order valence-electron chi connectivity index (χ2n) is 3.92. The van der Waals surface area contributed by atoms with E-state index in [1.165, 1.54) is 23.1 Å². The van der Waals surface area contributed by atoms with Crippen LogP contribution in [0.25, 0.3) is 0 Å². The summed E-state index contributed by atoms with van der Waals surface area (Å²) in [6.45, 7) is 2.33. The Hall–Kier alpha value is -0.800. The van der Waals surface area contributed by atoms with Gasteiger partial charge < -0.3 is 4.90 Å². The lowest BCUT2D eigenvalue weighted by Crippen LogP contribution is -2.29. The molecule has 1 aromatic carbocycles. The summed E-state index contributed by atoms with van der Waals surface area (Å²) in [6.07, 6.45) is 0.659. The minimum Gasteiger partial charge on any atom is -0.342 e. The maximum atomic E-state index is 13.4. The summed E-state index contributed by atoms with van der Waals surface area (Å²) in [5, 5.41) is 0.323. The molecular weight excluding hydrogens is 264 g/mol. The number of alkyl halides is 1. The summed E-state index contributed by atoms with van der Waals surface area (Å²) in [6, 6.07) is 3.93. The molecule has 1 aromatic rings. The van der Waals surface area contributed by atoms with E-state index >= 15 is 0 Å². The highest BCUT2D eigenvalue weighted by Crippen LogP contribution is 2.16. The summed E-state index contributed by atoms with van der Waals surface area (Å²) in [5.74, 6) is -0.951. The van der Waals surface area contributed by atoms with Crippen molar-refractivity contribution in [2.45, 2.75) is 18.7 Å². The third-order valence-corrected chi connectivity index (χ3v) is 2.82. The minimum absolute atomic E-state index is 0.0118. The van der Waals surface area contributed by atoms with E-state index in [1.54, 1.807) is 7.05 Å². The molecular formula is C12H14Cl2FNO. The van der Waals surface area contributed by atoms with Gasteiger partial charge in [-0.25, -0.2) is 4.39 Å². The SMILES string of the molecule is CC(Cl)CCN(C)C(=O)c1cc(Cl)ccc1F. The zero-order chi connectivity index (χ0) is 13.0. The van der Waals surface area contributed by atoms with Crippen LogP contribution in [0.3, 0.4) is 0 Å². The number of rotatable bonds is 4. The van der Waals surface area contributed by atoms with Gasteiger partial charge in [0.05, 0.1) is 5.56 Å². The molecule has 0 heterocycles. The molecule has 2 nitrogen and oxygen atoms in total. The molecule has 0 N–H and O–H groups in total. The molecule has 94 valence electrons. The highest BCUT2D eigenvalue weighted by molar-refractivity contribution is 6.31. The first-order valence-corrected chi connectivity index (χ1v) is 6.08. The maximum Gasteiger partial charge on any atom is 0.256 e. The summed E-state index contributed by atoms with van der Waals surface area (Å²) in [5.41, 5.74) is -0.0118. The lowest BCUT2D eigenvalue weighted by atomic mass is 10.2. The molecule has 0 aliphatic rings. The summed E-state index contributed by atoms with van der Waals surface area (Å²) >= 11 is 11.5. The fourth-order valence-corrected chi connectivity index (χ4v) is 1.61. The zero-order valence-electron chi connectivity index (χ0n) is 9.71. The van der Waals surface area contributed by atoms with Gasteiger partial charge in [0.25, 0.3) is 5.91 Å². The van der Waals surface area contributed by atoms with Crippen LogP contribution in [0.5, 0.6) is 0 Å². The van der Waals surface area contributed by atoms with Crippen molar-refractivity contribution < 1.29 is 9.18 Å². The van der Waals surface area contributed by atoms with Gasteiger partial charge in [-0.3, -0.25) is 4.79 Å². The Morgan fingerprint density at radius 3 is 2.76 bits per heavy atom. The molecule has 0 radical (unpaired) electrons. The van der Waals surface area contributed by atoms with E-state index in [0.717, 1.165) is 0 Å². The molecule has 5 heteroatoms. The van der Waals surface area contributed by atoms with Crippen molar-refractivity contribution in [3.8, 4) is 0 Å². The van der Waals surface area contributed by atoms with Crippen LogP contribution < -0.4 is 0 Å². The normalized spacial score (nSPS) is 12.3. The minimum atomic E-state index is -0.565. The molecule has 0 aliphatic carbocycles. The Bertz CT molecular complexity index is 409. The van der Waals surface area contributed by atoms with Gasteiger partial charge in [0.1, 0.15) is 5.82 Å². The fraction of sp³-hybridized carbons (Fsp3) is 0.417. The maximum absolute atomic E-state index is 13.4. The second-order valence-corrected chi connectivity index (χ2v) is 5.10. The van der Waals surface area contributed by atoms with Crippen LogP contribution in [0.1, 0.15) is 23.7 Å². The van der Waals surface area contributed by atoms with E-state index in [0.29, 0.717) is 18.0 Å². The van der Waals surface area contributed by atoms with Crippen molar-refractivity contribution in [3.63, 3.8) is 0 Å². The zero-order valence-corrected chi connectivity index (χ0v) is 11.2. The number of benzene rings is 1. The van der Waals surface area contributed by atoms with Crippen LogP contribution in [0.4, 0.5) is 4.39 Å². The summed E-state index contributed by atoms with van der Waals surface area (Å²) in [4.78, 5) is 13.4. The predicted molar refractivity (Wildman–Crippen MR) is 68.3 cm³/mol. The van der Waals surface area contributed by atoms with Gasteiger partial charge in [0, 0.05) is 24.0 Å². The number of nitrogens with zero attached hydrogens (tertiary/aromatic N) is 1. The molecule has 1 atom stereocenters. The molecule has 1 rings (SSSR count). The summed E-state index contributed by atoms with van der Waals surface area (Å²) < 4.78 is 13.4. The van der Waals surface area contributed by atoms with Crippen molar-refractivity contribution in [2.75, 3.05) is 13.6 Å². The lowest BCUT2D eigenvalue weighted by molar-refractivity contribution is 0.0789. The van der Waals surface area contributed by atoms with E-state index in [2.05, 4.69) is 0 Å². The van der Waals surface area contributed by atoms with Crippen LogP contribution in [0.15, 0.2) is 18.2 Å².